The van der Waals surface area contributed by atoms with Crippen LogP contribution in [-0.2, 0) is 0 Å². The van der Waals surface area contributed by atoms with Crippen LogP contribution >= 0.6 is 11.6 Å². The largest absolute Gasteiger partial charge is 0.268 e. The van der Waals surface area contributed by atoms with E-state index in [0.717, 1.165) is 11.3 Å². The average molecular weight is 348 g/mol. The number of hydrogen-bond acceptors (Lipinski definition) is 3. The van der Waals surface area contributed by atoms with E-state index in [4.69, 9.17) is 16.6 Å². The fraction of sp³-hybridized carbons (Fsp3) is 0.0500. The molecule has 0 saturated carbocycles. The van der Waals surface area contributed by atoms with Crippen molar-refractivity contribution in [3.05, 3.63) is 87.9 Å². The summed E-state index contributed by atoms with van der Waals surface area (Å²) < 4.78 is 1.59. The lowest BCUT2D eigenvalue weighted by molar-refractivity contribution is 0.973. The van der Waals surface area contributed by atoms with Crippen LogP contribution in [-0.4, -0.2) is 14.5 Å². The van der Waals surface area contributed by atoms with E-state index in [1.807, 2.05) is 55.5 Å². The quantitative estimate of drug-likeness (QED) is 0.505. The first-order chi connectivity index (χ1) is 12.1. The number of hydrogen-bond donors (Lipinski definition) is 0. The molecular weight excluding hydrogens is 334 g/mol. The molecule has 0 saturated heterocycles. The lowest BCUT2D eigenvalue weighted by atomic mass is 10.1. The first-order valence-electron chi connectivity index (χ1n) is 7.85. The SMILES string of the molecule is Cc1ccc(-n2c(-c3cccnc3Cl)nc3ccccc3c2=O)cc1. The van der Waals surface area contributed by atoms with Crippen LogP contribution in [0.25, 0.3) is 28.0 Å². The molecule has 0 fully saturated rings. The van der Waals surface area contributed by atoms with E-state index in [1.54, 1.807) is 22.9 Å². The van der Waals surface area contributed by atoms with Gasteiger partial charge >= 0.3 is 0 Å². The van der Waals surface area contributed by atoms with Crippen LogP contribution in [0.2, 0.25) is 5.15 Å². The van der Waals surface area contributed by atoms with E-state index in [0.29, 0.717) is 27.4 Å². The van der Waals surface area contributed by atoms with Gasteiger partial charge in [-0.1, -0.05) is 41.4 Å². The third-order valence-corrected chi connectivity index (χ3v) is 4.37. The number of nitrogens with zero attached hydrogens (tertiary/aromatic N) is 3. The molecule has 122 valence electrons. The number of aromatic nitrogens is 3. The van der Waals surface area contributed by atoms with Gasteiger partial charge in [-0.15, -0.1) is 0 Å². The Morgan fingerprint density at radius 2 is 1.72 bits per heavy atom. The maximum atomic E-state index is 13.2. The molecule has 2 aromatic carbocycles. The summed E-state index contributed by atoms with van der Waals surface area (Å²) in [5.74, 6) is 0.477. The Labute approximate surface area is 149 Å². The Balaban J connectivity index is 2.13. The van der Waals surface area contributed by atoms with Crippen LogP contribution in [0.4, 0.5) is 0 Å². The molecular formula is C20H14ClN3O. The summed E-state index contributed by atoms with van der Waals surface area (Å²) in [6.45, 7) is 2.00. The zero-order chi connectivity index (χ0) is 17.4. The predicted octanol–water partition coefficient (Wildman–Crippen LogP) is 4.41. The normalized spacial score (nSPS) is 11.0. The van der Waals surface area contributed by atoms with Crippen molar-refractivity contribution in [3.63, 3.8) is 0 Å². The highest BCUT2D eigenvalue weighted by Crippen LogP contribution is 2.26. The topological polar surface area (TPSA) is 47.8 Å². The van der Waals surface area contributed by atoms with Gasteiger partial charge in [-0.3, -0.25) is 9.36 Å². The first kappa shape index (κ1) is 15.5. The molecule has 4 aromatic rings. The summed E-state index contributed by atoms with van der Waals surface area (Å²) in [5.41, 5.74) is 2.97. The van der Waals surface area contributed by atoms with Crippen molar-refractivity contribution in [2.24, 2.45) is 0 Å². The van der Waals surface area contributed by atoms with E-state index in [-0.39, 0.29) is 5.56 Å². The Kier molecular flexibility index (Phi) is 3.82. The van der Waals surface area contributed by atoms with Crippen LogP contribution < -0.4 is 5.56 Å². The molecule has 0 bridgehead atoms. The monoisotopic (exact) mass is 347 g/mol. The molecule has 0 aliphatic rings. The van der Waals surface area contributed by atoms with E-state index >= 15 is 0 Å². The Hall–Kier alpha value is -2.98. The van der Waals surface area contributed by atoms with Crippen molar-refractivity contribution in [2.75, 3.05) is 0 Å². The Bertz CT molecular complexity index is 1130. The second-order valence-electron chi connectivity index (χ2n) is 5.77. The number of fused-ring (bicyclic) bond motifs is 1. The van der Waals surface area contributed by atoms with Gasteiger partial charge in [0.15, 0.2) is 5.82 Å². The molecule has 0 aliphatic carbocycles. The lowest BCUT2D eigenvalue weighted by Crippen LogP contribution is -2.22. The van der Waals surface area contributed by atoms with Crippen LogP contribution in [0.1, 0.15) is 5.56 Å². The van der Waals surface area contributed by atoms with Gasteiger partial charge < -0.3 is 0 Å². The van der Waals surface area contributed by atoms with Crippen molar-refractivity contribution in [1.82, 2.24) is 14.5 Å². The summed E-state index contributed by atoms with van der Waals surface area (Å²) in [5, 5.41) is 0.873. The smallest absolute Gasteiger partial charge is 0.266 e. The average Bonchev–Trinajstić information content (AvgIpc) is 2.63. The second kappa shape index (κ2) is 6.15. The second-order valence-corrected chi connectivity index (χ2v) is 6.13. The molecule has 4 nitrogen and oxygen atoms in total. The number of benzene rings is 2. The molecule has 0 aliphatic heterocycles. The molecule has 0 N–H and O–H groups in total. The number of rotatable bonds is 2. The fourth-order valence-electron chi connectivity index (χ4n) is 2.80. The van der Waals surface area contributed by atoms with Crippen molar-refractivity contribution in [3.8, 4) is 17.1 Å². The zero-order valence-electron chi connectivity index (χ0n) is 13.5. The van der Waals surface area contributed by atoms with Gasteiger partial charge in [-0.05, 0) is 43.3 Å². The molecule has 0 unspecified atom stereocenters. The zero-order valence-corrected chi connectivity index (χ0v) is 14.2. The summed E-state index contributed by atoms with van der Waals surface area (Å²) in [6.07, 6.45) is 1.61. The fourth-order valence-corrected chi connectivity index (χ4v) is 3.00. The molecule has 0 spiro atoms. The molecule has 0 amide bonds. The van der Waals surface area contributed by atoms with Gasteiger partial charge in [-0.2, -0.15) is 0 Å². The van der Waals surface area contributed by atoms with Crippen molar-refractivity contribution in [2.45, 2.75) is 6.92 Å². The first-order valence-corrected chi connectivity index (χ1v) is 8.22. The van der Waals surface area contributed by atoms with Crippen molar-refractivity contribution >= 4 is 22.5 Å². The van der Waals surface area contributed by atoms with Crippen LogP contribution in [0.15, 0.2) is 71.7 Å². The minimum Gasteiger partial charge on any atom is -0.268 e. The summed E-state index contributed by atoms with van der Waals surface area (Å²) in [6, 6.07) is 18.6. The summed E-state index contributed by atoms with van der Waals surface area (Å²) in [4.78, 5) is 22.0. The summed E-state index contributed by atoms with van der Waals surface area (Å²) >= 11 is 6.28. The van der Waals surface area contributed by atoms with E-state index < -0.39 is 0 Å². The van der Waals surface area contributed by atoms with E-state index in [9.17, 15) is 4.79 Å². The Morgan fingerprint density at radius 1 is 0.960 bits per heavy atom. The standard InChI is InChI=1S/C20H14ClN3O/c1-13-8-10-14(11-9-13)24-19(16-6-4-12-22-18(16)21)23-17-7-3-2-5-15(17)20(24)25/h2-12H,1H3. The molecule has 2 heterocycles. The third-order valence-electron chi connectivity index (χ3n) is 4.07. The number of pyridine rings is 1. The third kappa shape index (κ3) is 2.71. The molecule has 4 rings (SSSR count). The highest BCUT2D eigenvalue weighted by Gasteiger charge is 2.16. The number of halogens is 1. The van der Waals surface area contributed by atoms with Gasteiger partial charge in [0.1, 0.15) is 5.15 Å². The molecule has 5 heteroatoms. The van der Waals surface area contributed by atoms with Gasteiger partial charge in [0.2, 0.25) is 0 Å². The summed E-state index contributed by atoms with van der Waals surface area (Å²) in [7, 11) is 0. The van der Waals surface area contributed by atoms with Crippen LogP contribution in [0, 0.1) is 6.92 Å². The highest BCUT2D eigenvalue weighted by atomic mass is 35.5. The van der Waals surface area contributed by atoms with Crippen molar-refractivity contribution in [1.29, 1.82) is 0 Å². The minimum absolute atomic E-state index is 0.135. The molecule has 2 aromatic heterocycles. The lowest BCUT2D eigenvalue weighted by Gasteiger charge is -2.14. The van der Waals surface area contributed by atoms with E-state index in [1.165, 1.54) is 0 Å². The van der Waals surface area contributed by atoms with Crippen LogP contribution in [0.5, 0.6) is 0 Å². The highest BCUT2D eigenvalue weighted by molar-refractivity contribution is 6.31. The maximum Gasteiger partial charge on any atom is 0.266 e. The molecule has 25 heavy (non-hydrogen) atoms. The minimum atomic E-state index is -0.135. The van der Waals surface area contributed by atoms with Crippen molar-refractivity contribution < 1.29 is 0 Å². The van der Waals surface area contributed by atoms with Gasteiger partial charge in [0.05, 0.1) is 22.2 Å². The van der Waals surface area contributed by atoms with Gasteiger partial charge in [0.25, 0.3) is 5.56 Å². The molecule has 0 radical (unpaired) electrons. The van der Waals surface area contributed by atoms with Gasteiger partial charge in [-0.25, -0.2) is 9.97 Å². The number of aryl methyl sites for hydroxylation is 1. The predicted molar refractivity (Wildman–Crippen MR) is 100 cm³/mol. The van der Waals surface area contributed by atoms with E-state index in [2.05, 4.69) is 4.98 Å². The van der Waals surface area contributed by atoms with Gasteiger partial charge in [0, 0.05) is 6.20 Å². The Morgan fingerprint density at radius 3 is 2.48 bits per heavy atom. The molecule has 0 atom stereocenters. The maximum absolute atomic E-state index is 13.2. The number of para-hydroxylation sites is 1. The van der Waals surface area contributed by atoms with Crippen LogP contribution in [0.3, 0.4) is 0 Å².